The van der Waals surface area contributed by atoms with Gasteiger partial charge < -0.3 is 14.9 Å². The monoisotopic (exact) mass is 496 g/mol. The van der Waals surface area contributed by atoms with E-state index >= 15 is 0 Å². The zero-order valence-electron chi connectivity index (χ0n) is 20.9. The lowest BCUT2D eigenvalue weighted by Crippen LogP contribution is -2.44. The van der Waals surface area contributed by atoms with E-state index < -0.39 is 5.60 Å². The predicted molar refractivity (Wildman–Crippen MR) is 149 cm³/mol. The average Bonchev–Trinajstić information content (AvgIpc) is 3.34. The first-order chi connectivity index (χ1) is 17.4. The van der Waals surface area contributed by atoms with Crippen LogP contribution in [-0.2, 0) is 0 Å². The minimum absolute atomic E-state index is 0.443. The number of likely N-dealkylation sites (N-methyl/N-ethyl adjacent to an activating group) is 1. The SMILES string of the molecule is CN1CCN(c2cc(-c3nc(-c4ccc(C5CC(C)(O)C5)cc4)c(-c4ccccc4)s3)ccn2)CC1. The molecule has 1 aliphatic carbocycles. The average molecular weight is 497 g/mol. The van der Waals surface area contributed by atoms with Gasteiger partial charge in [0.2, 0.25) is 0 Å². The summed E-state index contributed by atoms with van der Waals surface area (Å²) in [6, 6.07) is 23.6. The third-order valence-electron chi connectivity index (χ3n) is 7.51. The Morgan fingerprint density at radius 3 is 2.31 bits per heavy atom. The molecule has 2 aromatic carbocycles. The Bertz CT molecular complexity index is 1330. The predicted octanol–water partition coefficient (Wildman–Crippen LogP) is 5.92. The molecule has 2 aromatic heterocycles. The number of hydrogen-bond acceptors (Lipinski definition) is 6. The van der Waals surface area contributed by atoms with Crippen molar-refractivity contribution >= 4 is 17.2 Å². The molecule has 5 nitrogen and oxygen atoms in total. The van der Waals surface area contributed by atoms with E-state index in [0.29, 0.717) is 5.92 Å². The molecule has 0 amide bonds. The summed E-state index contributed by atoms with van der Waals surface area (Å²) in [5.74, 6) is 1.47. The van der Waals surface area contributed by atoms with Gasteiger partial charge in [-0.05, 0) is 56.0 Å². The Hall–Kier alpha value is -3.06. The van der Waals surface area contributed by atoms with Crippen LogP contribution < -0.4 is 4.90 Å². The molecule has 0 bridgehead atoms. The number of pyridine rings is 1. The Kier molecular flexibility index (Phi) is 6.12. The molecule has 0 unspecified atom stereocenters. The molecule has 4 aromatic rings. The maximum absolute atomic E-state index is 10.1. The molecule has 36 heavy (non-hydrogen) atoms. The van der Waals surface area contributed by atoms with Crippen LogP contribution in [-0.4, -0.2) is 58.8 Å². The van der Waals surface area contributed by atoms with E-state index in [-0.39, 0.29) is 0 Å². The lowest BCUT2D eigenvalue weighted by atomic mass is 9.69. The molecule has 0 radical (unpaired) electrons. The minimum Gasteiger partial charge on any atom is -0.390 e. The second-order valence-electron chi connectivity index (χ2n) is 10.5. The van der Waals surface area contributed by atoms with E-state index in [1.807, 2.05) is 13.1 Å². The first-order valence-corrected chi connectivity index (χ1v) is 13.6. The lowest BCUT2D eigenvalue weighted by Gasteiger charge is -2.41. The second kappa shape index (κ2) is 9.43. The molecular formula is C30H32N4OS. The summed E-state index contributed by atoms with van der Waals surface area (Å²) in [5, 5.41) is 11.2. The number of rotatable bonds is 5. The van der Waals surface area contributed by atoms with E-state index in [2.05, 4.69) is 88.6 Å². The van der Waals surface area contributed by atoms with E-state index in [4.69, 9.17) is 4.98 Å². The van der Waals surface area contributed by atoms with E-state index in [9.17, 15) is 5.11 Å². The molecule has 2 fully saturated rings. The summed E-state index contributed by atoms with van der Waals surface area (Å²) >= 11 is 1.74. The molecule has 3 heterocycles. The third-order valence-corrected chi connectivity index (χ3v) is 8.66. The van der Waals surface area contributed by atoms with Crippen LogP contribution in [0.1, 0.15) is 31.2 Å². The fourth-order valence-corrected chi connectivity index (χ4v) is 6.42. The van der Waals surface area contributed by atoms with Gasteiger partial charge >= 0.3 is 0 Å². The topological polar surface area (TPSA) is 52.5 Å². The number of thiazole rings is 1. The van der Waals surface area contributed by atoms with Crippen molar-refractivity contribution < 1.29 is 5.11 Å². The summed E-state index contributed by atoms with van der Waals surface area (Å²) in [6.45, 7) is 6.02. The van der Waals surface area contributed by atoms with Gasteiger partial charge in [0.25, 0.3) is 0 Å². The van der Waals surface area contributed by atoms with Crippen LogP contribution in [0, 0.1) is 0 Å². The van der Waals surface area contributed by atoms with Gasteiger partial charge in [-0.15, -0.1) is 11.3 Å². The first kappa shape index (κ1) is 23.3. The highest BCUT2D eigenvalue weighted by Gasteiger charge is 2.38. The molecule has 0 spiro atoms. The number of piperazine rings is 1. The van der Waals surface area contributed by atoms with Gasteiger partial charge in [-0.3, -0.25) is 0 Å². The lowest BCUT2D eigenvalue weighted by molar-refractivity contribution is -0.0313. The first-order valence-electron chi connectivity index (χ1n) is 12.7. The van der Waals surface area contributed by atoms with Crippen molar-refractivity contribution in [1.29, 1.82) is 0 Å². The maximum atomic E-state index is 10.1. The van der Waals surface area contributed by atoms with Crippen molar-refractivity contribution in [3.8, 4) is 32.3 Å². The summed E-state index contributed by atoms with van der Waals surface area (Å²) < 4.78 is 0. The molecule has 0 atom stereocenters. The number of anilines is 1. The summed E-state index contributed by atoms with van der Waals surface area (Å²) in [7, 11) is 2.17. The Labute approximate surface area is 217 Å². The van der Waals surface area contributed by atoms with Gasteiger partial charge in [0.1, 0.15) is 10.8 Å². The van der Waals surface area contributed by atoms with Crippen molar-refractivity contribution in [1.82, 2.24) is 14.9 Å². The second-order valence-corrected chi connectivity index (χ2v) is 11.5. The fraction of sp³-hybridized carbons (Fsp3) is 0.333. The standard InChI is InChI=1S/C30H32N4OS/c1-30(35)19-25(20-30)21-8-10-22(11-9-21)27-28(23-6-4-3-5-7-23)36-29(32-27)24-12-13-31-26(18-24)34-16-14-33(2)15-17-34/h3-13,18,25,35H,14-17,19-20H2,1-2H3. The van der Waals surface area contributed by atoms with Crippen molar-refractivity contribution in [2.45, 2.75) is 31.3 Å². The highest BCUT2D eigenvalue weighted by molar-refractivity contribution is 7.19. The third kappa shape index (κ3) is 4.69. The van der Waals surface area contributed by atoms with Crippen LogP contribution in [0.3, 0.4) is 0 Å². The van der Waals surface area contributed by atoms with Crippen LogP contribution in [0.5, 0.6) is 0 Å². The highest BCUT2D eigenvalue weighted by atomic mass is 32.1. The van der Waals surface area contributed by atoms with Gasteiger partial charge in [-0.2, -0.15) is 0 Å². The Balaban J connectivity index is 1.34. The molecule has 6 rings (SSSR count). The maximum Gasteiger partial charge on any atom is 0.129 e. The van der Waals surface area contributed by atoms with Crippen molar-refractivity contribution in [2.24, 2.45) is 0 Å². The summed E-state index contributed by atoms with van der Waals surface area (Å²) in [4.78, 5) is 15.8. The zero-order valence-corrected chi connectivity index (χ0v) is 21.7. The molecule has 6 heteroatoms. The van der Waals surface area contributed by atoms with E-state index in [0.717, 1.165) is 66.7 Å². The molecule has 1 aliphatic heterocycles. The quantitative estimate of drug-likeness (QED) is 0.372. The van der Waals surface area contributed by atoms with Crippen molar-refractivity contribution in [2.75, 3.05) is 38.1 Å². The highest BCUT2D eigenvalue weighted by Crippen LogP contribution is 2.45. The zero-order chi connectivity index (χ0) is 24.7. The van der Waals surface area contributed by atoms with E-state index in [1.165, 1.54) is 16.0 Å². The number of nitrogens with zero attached hydrogens (tertiary/aromatic N) is 4. The van der Waals surface area contributed by atoms with Gasteiger partial charge in [0, 0.05) is 43.5 Å². The van der Waals surface area contributed by atoms with Crippen molar-refractivity contribution in [3.05, 3.63) is 78.5 Å². The minimum atomic E-state index is -0.513. The molecule has 1 saturated carbocycles. The normalized spacial score (nSPS) is 22.4. The van der Waals surface area contributed by atoms with Crippen LogP contribution in [0.15, 0.2) is 72.9 Å². The van der Waals surface area contributed by atoms with Crippen LogP contribution in [0.2, 0.25) is 0 Å². The van der Waals surface area contributed by atoms with Gasteiger partial charge in [-0.1, -0.05) is 54.6 Å². The van der Waals surface area contributed by atoms with Gasteiger partial charge in [-0.25, -0.2) is 9.97 Å². The van der Waals surface area contributed by atoms with E-state index in [1.54, 1.807) is 11.3 Å². The summed E-state index contributed by atoms with van der Waals surface area (Å²) in [6.07, 6.45) is 3.58. The van der Waals surface area contributed by atoms with Crippen LogP contribution in [0.4, 0.5) is 5.82 Å². The van der Waals surface area contributed by atoms with Gasteiger partial charge in [0.05, 0.1) is 16.2 Å². The molecule has 2 aliphatic rings. The Morgan fingerprint density at radius 1 is 0.889 bits per heavy atom. The summed E-state index contributed by atoms with van der Waals surface area (Å²) in [5.41, 5.74) is 5.23. The number of benzene rings is 2. The smallest absolute Gasteiger partial charge is 0.129 e. The molecule has 184 valence electrons. The van der Waals surface area contributed by atoms with Crippen molar-refractivity contribution in [3.63, 3.8) is 0 Å². The fourth-order valence-electron chi connectivity index (χ4n) is 5.34. The van der Waals surface area contributed by atoms with Crippen LogP contribution >= 0.6 is 11.3 Å². The molecule has 1 saturated heterocycles. The largest absolute Gasteiger partial charge is 0.390 e. The Morgan fingerprint density at radius 2 is 1.61 bits per heavy atom. The molecule has 1 N–H and O–H groups in total. The number of hydrogen-bond donors (Lipinski definition) is 1. The number of aromatic nitrogens is 2. The van der Waals surface area contributed by atoms with Crippen LogP contribution in [0.25, 0.3) is 32.3 Å². The van der Waals surface area contributed by atoms with Gasteiger partial charge in [0.15, 0.2) is 0 Å². The molecular weight excluding hydrogens is 464 g/mol. The number of aliphatic hydroxyl groups is 1.